The average molecular weight is 458 g/mol. The fraction of sp³-hybridized carbons (Fsp3) is 0.0588. The molecular formula is C17H11BrCl2N2O2S. The minimum atomic E-state index is -0.347. The van der Waals surface area contributed by atoms with Crippen LogP contribution >= 0.6 is 50.9 Å². The molecule has 3 rings (SSSR count). The molecule has 1 N–H and O–H groups in total. The molecule has 1 heterocycles. The Labute approximate surface area is 167 Å². The summed E-state index contributed by atoms with van der Waals surface area (Å²) in [4.78, 5) is 26.1. The number of imide groups is 1. The highest BCUT2D eigenvalue weighted by molar-refractivity contribution is 9.10. The van der Waals surface area contributed by atoms with E-state index in [9.17, 15) is 9.59 Å². The van der Waals surface area contributed by atoms with Crippen LogP contribution in [0.3, 0.4) is 0 Å². The number of amides is 2. The van der Waals surface area contributed by atoms with Crippen molar-refractivity contribution in [2.75, 3.05) is 12.0 Å². The van der Waals surface area contributed by atoms with Crippen molar-refractivity contribution in [3.8, 4) is 0 Å². The molecule has 1 aliphatic rings. The molecule has 2 aromatic carbocycles. The normalized spacial score (nSPS) is 16.0. The Hall–Kier alpha value is -1.47. The van der Waals surface area contributed by atoms with Gasteiger partial charge in [-0.1, -0.05) is 51.3 Å². The largest absolute Gasteiger partial charge is 0.366 e. The molecule has 0 aromatic heterocycles. The molecule has 0 radical (unpaired) electrons. The molecule has 0 atom stereocenters. The molecule has 1 aliphatic heterocycles. The lowest BCUT2D eigenvalue weighted by molar-refractivity contribution is -0.122. The Morgan fingerprint density at radius 2 is 1.96 bits per heavy atom. The Balaban J connectivity index is 1.74. The van der Waals surface area contributed by atoms with Gasteiger partial charge in [0, 0.05) is 9.50 Å². The Morgan fingerprint density at radius 1 is 1.16 bits per heavy atom. The zero-order chi connectivity index (χ0) is 18.0. The first-order chi connectivity index (χ1) is 11.9. The summed E-state index contributed by atoms with van der Waals surface area (Å²) in [5.74, 6) is -0.347. The number of benzene rings is 2. The number of carbonyl (C=O) groups excluding carboxylic acids is 2. The number of nitrogens with one attached hydrogen (secondary N) is 1. The highest BCUT2D eigenvalue weighted by Gasteiger charge is 2.34. The van der Waals surface area contributed by atoms with Crippen LogP contribution in [0.2, 0.25) is 10.0 Å². The molecule has 0 saturated carbocycles. The van der Waals surface area contributed by atoms with Crippen molar-refractivity contribution < 1.29 is 9.59 Å². The number of hydrogen-bond acceptors (Lipinski definition) is 4. The molecular weight excluding hydrogens is 447 g/mol. The zero-order valence-corrected chi connectivity index (χ0v) is 16.5. The topological polar surface area (TPSA) is 49.4 Å². The number of carbonyl (C=O) groups is 2. The second-order valence-electron chi connectivity index (χ2n) is 5.12. The predicted octanol–water partition coefficient (Wildman–Crippen LogP) is 5.86. The molecule has 128 valence electrons. The van der Waals surface area contributed by atoms with E-state index in [0.29, 0.717) is 20.6 Å². The molecule has 0 bridgehead atoms. The summed E-state index contributed by atoms with van der Waals surface area (Å²) < 4.78 is 0.901. The number of anilines is 1. The van der Waals surface area contributed by atoms with E-state index in [0.717, 1.165) is 26.7 Å². The third-order valence-corrected chi connectivity index (χ3v) is 5.34. The molecule has 1 fully saturated rings. The van der Waals surface area contributed by atoms with E-state index < -0.39 is 0 Å². The van der Waals surface area contributed by atoms with Crippen LogP contribution in [0, 0.1) is 0 Å². The smallest absolute Gasteiger partial charge is 0.295 e. The summed E-state index contributed by atoms with van der Waals surface area (Å²) >= 11 is 16.3. The first kappa shape index (κ1) is 18.3. The number of rotatable bonds is 4. The van der Waals surface area contributed by atoms with Gasteiger partial charge < -0.3 is 5.32 Å². The van der Waals surface area contributed by atoms with Gasteiger partial charge in [0.15, 0.2) is 0 Å². The minimum absolute atomic E-state index is 0.0144. The van der Waals surface area contributed by atoms with Gasteiger partial charge in [0.05, 0.1) is 22.3 Å². The van der Waals surface area contributed by atoms with E-state index >= 15 is 0 Å². The highest BCUT2D eigenvalue weighted by atomic mass is 79.9. The van der Waals surface area contributed by atoms with Crippen molar-refractivity contribution in [1.82, 2.24) is 4.90 Å². The third kappa shape index (κ3) is 4.39. The van der Waals surface area contributed by atoms with E-state index in [4.69, 9.17) is 23.2 Å². The lowest BCUT2D eigenvalue weighted by Crippen LogP contribution is -2.33. The first-order valence-corrected chi connectivity index (χ1v) is 9.50. The lowest BCUT2D eigenvalue weighted by Gasteiger charge is -2.15. The summed E-state index contributed by atoms with van der Waals surface area (Å²) in [6, 6.07) is 12.4. The Morgan fingerprint density at radius 3 is 2.72 bits per heavy atom. The monoisotopic (exact) mass is 456 g/mol. The van der Waals surface area contributed by atoms with Crippen LogP contribution in [0.4, 0.5) is 10.5 Å². The molecule has 8 heteroatoms. The van der Waals surface area contributed by atoms with Crippen molar-refractivity contribution in [2.45, 2.75) is 0 Å². The van der Waals surface area contributed by atoms with Gasteiger partial charge in [0.25, 0.3) is 11.1 Å². The van der Waals surface area contributed by atoms with Crippen LogP contribution in [-0.2, 0) is 4.79 Å². The van der Waals surface area contributed by atoms with Gasteiger partial charge in [-0.15, -0.1) is 0 Å². The minimum Gasteiger partial charge on any atom is -0.366 e. The molecule has 25 heavy (non-hydrogen) atoms. The van der Waals surface area contributed by atoms with Gasteiger partial charge in [-0.3, -0.25) is 14.5 Å². The molecule has 2 aromatic rings. The zero-order valence-electron chi connectivity index (χ0n) is 12.6. The third-order valence-electron chi connectivity index (χ3n) is 3.38. The SMILES string of the molecule is O=C1SC(=Cc2cccc(Br)c2)C(=O)N1CNc1cc(Cl)ccc1Cl. The number of hydrogen-bond donors (Lipinski definition) is 1. The fourth-order valence-corrected chi connectivity index (χ4v) is 3.79. The quantitative estimate of drug-likeness (QED) is 0.584. The molecule has 0 aliphatic carbocycles. The van der Waals surface area contributed by atoms with Gasteiger partial charge in [-0.2, -0.15) is 0 Å². The molecule has 2 amide bonds. The van der Waals surface area contributed by atoms with E-state index in [-0.39, 0.29) is 17.8 Å². The fourth-order valence-electron chi connectivity index (χ4n) is 2.18. The number of nitrogens with zero attached hydrogens (tertiary/aromatic N) is 1. The van der Waals surface area contributed by atoms with Crippen molar-refractivity contribution in [1.29, 1.82) is 0 Å². The summed E-state index contributed by atoms with van der Waals surface area (Å²) in [6.07, 6.45) is 1.70. The van der Waals surface area contributed by atoms with Crippen LogP contribution in [-0.4, -0.2) is 22.7 Å². The summed E-state index contributed by atoms with van der Waals surface area (Å²) in [5, 5.41) is 3.60. The maximum absolute atomic E-state index is 12.5. The maximum Gasteiger partial charge on any atom is 0.295 e. The number of halogens is 3. The second-order valence-corrected chi connectivity index (χ2v) is 7.88. The van der Waals surface area contributed by atoms with Crippen molar-refractivity contribution in [3.63, 3.8) is 0 Å². The maximum atomic E-state index is 12.5. The van der Waals surface area contributed by atoms with Gasteiger partial charge in [-0.05, 0) is 53.7 Å². The van der Waals surface area contributed by atoms with Crippen LogP contribution in [0.5, 0.6) is 0 Å². The standard InChI is InChI=1S/C17H11BrCl2N2O2S/c18-11-3-1-2-10(6-11)7-15-16(23)22(17(24)25-15)9-21-14-8-12(19)4-5-13(14)20/h1-8,21H,9H2. The summed E-state index contributed by atoms with van der Waals surface area (Å²) in [7, 11) is 0. The summed E-state index contributed by atoms with van der Waals surface area (Å²) in [6.45, 7) is 0.0144. The van der Waals surface area contributed by atoms with Crippen LogP contribution in [0.1, 0.15) is 5.56 Å². The van der Waals surface area contributed by atoms with E-state index in [2.05, 4.69) is 21.2 Å². The molecule has 4 nitrogen and oxygen atoms in total. The Kier molecular flexibility index (Phi) is 5.74. The van der Waals surface area contributed by atoms with Crippen molar-refractivity contribution in [2.24, 2.45) is 0 Å². The average Bonchev–Trinajstić information content (AvgIpc) is 2.82. The van der Waals surface area contributed by atoms with Gasteiger partial charge in [-0.25, -0.2) is 0 Å². The van der Waals surface area contributed by atoms with E-state index in [1.165, 1.54) is 0 Å². The number of thioether (sulfide) groups is 1. The Bertz CT molecular complexity index is 889. The predicted molar refractivity (Wildman–Crippen MR) is 107 cm³/mol. The van der Waals surface area contributed by atoms with E-state index in [1.807, 2.05) is 24.3 Å². The van der Waals surface area contributed by atoms with Gasteiger partial charge >= 0.3 is 0 Å². The van der Waals surface area contributed by atoms with Gasteiger partial charge in [0.2, 0.25) is 0 Å². The summed E-state index contributed by atoms with van der Waals surface area (Å²) in [5.41, 5.74) is 1.40. The van der Waals surface area contributed by atoms with Crippen LogP contribution < -0.4 is 5.32 Å². The van der Waals surface area contributed by atoms with E-state index in [1.54, 1.807) is 24.3 Å². The van der Waals surface area contributed by atoms with Crippen LogP contribution in [0.15, 0.2) is 51.8 Å². The van der Waals surface area contributed by atoms with Crippen molar-refractivity contribution in [3.05, 3.63) is 67.5 Å². The van der Waals surface area contributed by atoms with Gasteiger partial charge in [0.1, 0.15) is 0 Å². The second kappa shape index (κ2) is 7.83. The highest BCUT2D eigenvalue weighted by Crippen LogP contribution is 2.33. The molecule has 1 saturated heterocycles. The first-order valence-electron chi connectivity index (χ1n) is 7.14. The van der Waals surface area contributed by atoms with Crippen LogP contribution in [0.25, 0.3) is 6.08 Å². The molecule has 0 spiro atoms. The molecule has 0 unspecified atom stereocenters. The lowest BCUT2D eigenvalue weighted by atomic mass is 10.2. The van der Waals surface area contributed by atoms with Crippen molar-refractivity contribution >= 4 is 73.8 Å².